The van der Waals surface area contributed by atoms with Gasteiger partial charge in [-0.25, -0.2) is 14.4 Å². The second kappa shape index (κ2) is 5.96. The van der Waals surface area contributed by atoms with Gasteiger partial charge >= 0.3 is 0 Å². The Labute approximate surface area is 134 Å². The summed E-state index contributed by atoms with van der Waals surface area (Å²) in [7, 11) is 0. The number of aromatic nitrogens is 2. The van der Waals surface area contributed by atoms with Crippen LogP contribution in [0.1, 0.15) is 0 Å². The normalized spacial score (nSPS) is 11.1. The number of halogens is 2. The van der Waals surface area contributed by atoms with Gasteiger partial charge in [-0.1, -0.05) is 28.1 Å². The molecule has 3 rings (SSSR count). The van der Waals surface area contributed by atoms with Gasteiger partial charge in [0.2, 0.25) is 5.95 Å². The third-order valence-electron chi connectivity index (χ3n) is 3.08. The van der Waals surface area contributed by atoms with Gasteiger partial charge in [-0.15, -0.1) is 0 Å². The molecule has 0 radical (unpaired) electrons. The van der Waals surface area contributed by atoms with E-state index >= 15 is 0 Å². The van der Waals surface area contributed by atoms with Gasteiger partial charge in [-0.05, 0) is 30.3 Å². The standard InChI is InChI=1S/C15H13BrFN5/c16-8-5-6-12-10(7-8)13(9-3-1-2-4-11(9)17)21-15(20-12)22-14(18)19/h1-7,14H,18-19H2,(H,20,21,22). The van der Waals surface area contributed by atoms with Crippen LogP contribution in [0.5, 0.6) is 0 Å². The molecule has 3 aromatic rings. The molecule has 0 unspecified atom stereocenters. The molecule has 0 spiro atoms. The quantitative estimate of drug-likeness (QED) is 0.624. The van der Waals surface area contributed by atoms with E-state index in [1.165, 1.54) is 6.07 Å². The minimum Gasteiger partial charge on any atom is -0.327 e. The molecule has 7 heteroatoms. The van der Waals surface area contributed by atoms with Crippen LogP contribution in [0, 0.1) is 5.82 Å². The highest BCUT2D eigenvalue weighted by Gasteiger charge is 2.14. The largest absolute Gasteiger partial charge is 0.327 e. The van der Waals surface area contributed by atoms with Crippen molar-refractivity contribution in [3.8, 4) is 11.3 Å². The van der Waals surface area contributed by atoms with Gasteiger partial charge in [0.25, 0.3) is 0 Å². The third-order valence-corrected chi connectivity index (χ3v) is 3.58. The highest BCUT2D eigenvalue weighted by Crippen LogP contribution is 2.30. The zero-order chi connectivity index (χ0) is 15.7. The summed E-state index contributed by atoms with van der Waals surface area (Å²) in [5.41, 5.74) is 12.6. The SMILES string of the molecule is NC(N)Nc1nc(-c2ccccc2F)c2cc(Br)ccc2n1. The minimum atomic E-state index is -0.804. The van der Waals surface area contributed by atoms with Gasteiger partial charge in [0.05, 0.1) is 11.2 Å². The van der Waals surface area contributed by atoms with E-state index in [1.807, 2.05) is 18.2 Å². The molecule has 0 saturated carbocycles. The lowest BCUT2D eigenvalue weighted by molar-refractivity contribution is 0.631. The molecule has 0 amide bonds. The van der Waals surface area contributed by atoms with E-state index in [4.69, 9.17) is 11.5 Å². The second-order valence-corrected chi connectivity index (χ2v) is 5.62. The molecule has 0 saturated heterocycles. The van der Waals surface area contributed by atoms with Gasteiger partial charge in [0, 0.05) is 15.4 Å². The van der Waals surface area contributed by atoms with E-state index in [-0.39, 0.29) is 11.8 Å². The molecule has 112 valence electrons. The lowest BCUT2D eigenvalue weighted by Crippen LogP contribution is -2.39. The molecule has 0 aliphatic rings. The first-order chi connectivity index (χ1) is 10.5. The van der Waals surface area contributed by atoms with Gasteiger partial charge < -0.3 is 5.32 Å². The molecule has 0 bridgehead atoms. The van der Waals surface area contributed by atoms with Gasteiger partial charge in [-0.2, -0.15) is 0 Å². The fourth-order valence-electron chi connectivity index (χ4n) is 2.17. The molecule has 0 atom stereocenters. The topological polar surface area (TPSA) is 89.8 Å². The Morgan fingerprint density at radius 1 is 1.09 bits per heavy atom. The average Bonchev–Trinajstić information content (AvgIpc) is 2.47. The molecule has 1 aromatic heterocycles. The summed E-state index contributed by atoms with van der Waals surface area (Å²) in [5, 5.41) is 3.47. The van der Waals surface area contributed by atoms with Crippen molar-refractivity contribution in [3.63, 3.8) is 0 Å². The highest BCUT2D eigenvalue weighted by atomic mass is 79.9. The zero-order valence-electron chi connectivity index (χ0n) is 11.4. The molecular formula is C15H13BrFN5. The molecule has 22 heavy (non-hydrogen) atoms. The van der Waals surface area contributed by atoms with Crippen molar-refractivity contribution in [1.29, 1.82) is 0 Å². The maximum absolute atomic E-state index is 14.2. The fraction of sp³-hybridized carbons (Fsp3) is 0.0667. The zero-order valence-corrected chi connectivity index (χ0v) is 13.0. The van der Waals surface area contributed by atoms with Crippen molar-refractivity contribution in [2.24, 2.45) is 11.5 Å². The summed E-state index contributed by atoms with van der Waals surface area (Å²) < 4.78 is 15.0. The summed E-state index contributed by atoms with van der Waals surface area (Å²) in [6, 6.07) is 12.0. The predicted molar refractivity (Wildman–Crippen MR) is 88.4 cm³/mol. The first kappa shape index (κ1) is 14.8. The fourth-order valence-corrected chi connectivity index (χ4v) is 2.53. The lowest BCUT2D eigenvalue weighted by Gasteiger charge is -2.13. The molecule has 0 aliphatic carbocycles. The Hall–Kier alpha value is -2.09. The van der Waals surface area contributed by atoms with Crippen molar-refractivity contribution in [1.82, 2.24) is 9.97 Å². The van der Waals surface area contributed by atoms with Crippen molar-refractivity contribution in [2.75, 3.05) is 5.32 Å². The van der Waals surface area contributed by atoms with Crippen LogP contribution in [-0.4, -0.2) is 16.3 Å². The van der Waals surface area contributed by atoms with Crippen LogP contribution >= 0.6 is 15.9 Å². The number of nitrogens with zero attached hydrogens (tertiary/aromatic N) is 2. The molecule has 1 heterocycles. The van der Waals surface area contributed by atoms with Crippen molar-refractivity contribution >= 4 is 32.8 Å². The van der Waals surface area contributed by atoms with E-state index in [2.05, 4.69) is 31.2 Å². The number of rotatable bonds is 3. The first-order valence-corrected chi connectivity index (χ1v) is 7.34. The number of benzene rings is 2. The van der Waals surface area contributed by atoms with Crippen LogP contribution in [0.3, 0.4) is 0 Å². The minimum absolute atomic E-state index is 0.253. The van der Waals surface area contributed by atoms with E-state index in [9.17, 15) is 4.39 Å². The van der Waals surface area contributed by atoms with Gasteiger partial charge in [0.1, 0.15) is 12.1 Å². The van der Waals surface area contributed by atoms with Crippen LogP contribution < -0.4 is 16.8 Å². The number of anilines is 1. The summed E-state index contributed by atoms with van der Waals surface area (Å²) in [6.07, 6.45) is -0.804. The Morgan fingerprint density at radius 3 is 2.59 bits per heavy atom. The molecule has 0 fully saturated rings. The molecule has 2 aromatic carbocycles. The summed E-state index contributed by atoms with van der Waals surface area (Å²) >= 11 is 3.41. The van der Waals surface area contributed by atoms with E-state index < -0.39 is 6.29 Å². The van der Waals surface area contributed by atoms with Crippen molar-refractivity contribution in [3.05, 3.63) is 52.8 Å². The highest BCUT2D eigenvalue weighted by molar-refractivity contribution is 9.10. The van der Waals surface area contributed by atoms with Crippen LogP contribution in [0.25, 0.3) is 22.2 Å². The number of nitrogens with two attached hydrogens (primary N) is 2. The molecule has 5 nitrogen and oxygen atoms in total. The Balaban J connectivity index is 2.30. The Morgan fingerprint density at radius 2 is 1.86 bits per heavy atom. The summed E-state index contributed by atoms with van der Waals surface area (Å²) in [5.74, 6) is -0.103. The average molecular weight is 362 g/mol. The van der Waals surface area contributed by atoms with Gasteiger partial charge in [-0.3, -0.25) is 11.5 Å². The molecular weight excluding hydrogens is 349 g/mol. The summed E-state index contributed by atoms with van der Waals surface area (Å²) in [4.78, 5) is 8.72. The maximum Gasteiger partial charge on any atom is 0.226 e. The number of nitrogens with one attached hydrogen (secondary N) is 1. The molecule has 5 N–H and O–H groups in total. The van der Waals surface area contributed by atoms with E-state index in [0.29, 0.717) is 16.8 Å². The molecule has 0 aliphatic heterocycles. The smallest absolute Gasteiger partial charge is 0.226 e. The van der Waals surface area contributed by atoms with Crippen molar-refractivity contribution < 1.29 is 4.39 Å². The second-order valence-electron chi connectivity index (χ2n) is 4.71. The summed E-state index contributed by atoms with van der Waals surface area (Å²) in [6.45, 7) is 0. The number of hydrogen-bond acceptors (Lipinski definition) is 5. The van der Waals surface area contributed by atoms with E-state index in [1.54, 1.807) is 18.2 Å². The van der Waals surface area contributed by atoms with Crippen molar-refractivity contribution in [2.45, 2.75) is 6.29 Å². The Kier molecular flexibility index (Phi) is 4.02. The first-order valence-electron chi connectivity index (χ1n) is 6.54. The monoisotopic (exact) mass is 361 g/mol. The van der Waals surface area contributed by atoms with Crippen LogP contribution in [-0.2, 0) is 0 Å². The lowest BCUT2D eigenvalue weighted by atomic mass is 10.1. The van der Waals surface area contributed by atoms with Crippen LogP contribution in [0.2, 0.25) is 0 Å². The van der Waals surface area contributed by atoms with Gasteiger partial charge in [0.15, 0.2) is 0 Å². The predicted octanol–water partition coefficient (Wildman–Crippen LogP) is 2.81. The third kappa shape index (κ3) is 2.92. The number of hydrogen-bond donors (Lipinski definition) is 3. The number of fused-ring (bicyclic) bond motifs is 1. The Bertz CT molecular complexity index is 837. The van der Waals surface area contributed by atoms with Crippen LogP contribution in [0.4, 0.5) is 10.3 Å². The van der Waals surface area contributed by atoms with Crippen LogP contribution in [0.15, 0.2) is 46.9 Å². The maximum atomic E-state index is 14.2. The van der Waals surface area contributed by atoms with E-state index in [0.717, 1.165) is 9.86 Å².